The van der Waals surface area contributed by atoms with Crippen LogP contribution in [-0.4, -0.2) is 21.2 Å². The molecule has 0 saturated heterocycles. The minimum absolute atomic E-state index is 0.345. The summed E-state index contributed by atoms with van der Waals surface area (Å²) in [4.78, 5) is 7.97. The van der Waals surface area contributed by atoms with Crippen LogP contribution >= 0.6 is 0 Å². The molecule has 0 aliphatic carbocycles. The fourth-order valence-corrected chi connectivity index (χ4v) is 0.179. The number of halogens is 1. The van der Waals surface area contributed by atoms with Crippen LogP contribution in [0.15, 0.2) is 0 Å². The average molecular weight is 94.2 g/mol. The first-order chi connectivity index (χ1) is 2.41. The molecule has 0 unspecified atom stereocenters. The molecule has 0 aromatic heterocycles. The van der Waals surface area contributed by atoms with Crippen molar-refractivity contribution in [3.05, 3.63) is 0 Å². The molecular weight excluding hydrogens is 87.1 g/mol. The monoisotopic (exact) mass is 94.0 g/mol. The topological polar surface area (TPSA) is 20.2 Å². The van der Waals surface area contributed by atoms with Gasteiger partial charge in [0.2, 0.25) is 0 Å². The van der Waals surface area contributed by atoms with Gasteiger partial charge in [-0.05, 0) is 6.04 Å². The third-order valence-electron chi connectivity index (χ3n) is 0.292. The van der Waals surface area contributed by atoms with Crippen LogP contribution in [0.5, 0.6) is 0 Å². The molecule has 0 rings (SSSR count). The summed E-state index contributed by atoms with van der Waals surface area (Å²) < 4.78 is 10.9. The smallest absolute Gasteiger partial charge is 0.159 e. The Morgan fingerprint density at radius 3 is 2.40 bits per heavy atom. The van der Waals surface area contributed by atoms with Gasteiger partial charge in [-0.15, -0.1) is 0 Å². The Morgan fingerprint density at radius 2 is 2.40 bits per heavy atom. The van der Waals surface area contributed by atoms with Gasteiger partial charge in [-0.25, -0.2) is 0 Å². The lowest BCUT2D eigenvalue weighted by atomic mass is 10.9. The zero-order valence-corrected chi connectivity index (χ0v) is 4.36. The molecule has 0 aliphatic heterocycles. The highest BCUT2D eigenvalue weighted by molar-refractivity contribution is 6.25. The largest absolute Gasteiger partial charge is 0.438 e. The van der Waals surface area contributed by atoms with E-state index in [-0.39, 0.29) is 6.67 Å². The lowest BCUT2D eigenvalue weighted by Gasteiger charge is -1.75. The van der Waals surface area contributed by atoms with Crippen LogP contribution in [0.2, 0.25) is 6.04 Å². The second kappa shape index (κ2) is 4.11. The maximum absolute atomic E-state index is 10.9. The number of rotatable bonds is 2. The van der Waals surface area contributed by atoms with Gasteiger partial charge in [-0.3, -0.25) is 4.39 Å². The molecule has 0 heterocycles. The molecule has 0 atom stereocenters. The Morgan fingerprint density at radius 1 is 1.80 bits per heavy atom. The predicted octanol–water partition coefficient (Wildman–Crippen LogP) is -0.550. The first-order valence-corrected chi connectivity index (χ1v) is 3.22. The van der Waals surface area contributed by atoms with E-state index in [0.29, 0.717) is 6.04 Å². The molecule has 0 spiro atoms. The van der Waals surface area contributed by atoms with Gasteiger partial charge in [0.25, 0.3) is 0 Å². The van der Waals surface area contributed by atoms with Crippen LogP contribution in [0.3, 0.4) is 0 Å². The van der Waals surface area contributed by atoms with Crippen LogP contribution < -0.4 is 0 Å². The maximum atomic E-state index is 10.9. The molecular formula is C2H7FOSi. The summed E-state index contributed by atoms with van der Waals surface area (Å²) in [6.45, 7) is -0.345. The van der Waals surface area contributed by atoms with Crippen LogP contribution in [0.1, 0.15) is 0 Å². The summed E-state index contributed by atoms with van der Waals surface area (Å²) >= 11 is 0. The molecule has 1 nitrogen and oxygen atoms in total. The van der Waals surface area contributed by atoms with E-state index in [1.54, 1.807) is 0 Å². The third-order valence-corrected chi connectivity index (χ3v) is 0.875. The molecule has 1 N–H and O–H groups in total. The van der Waals surface area contributed by atoms with Gasteiger partial charge in [0, 0.05) is 0 Å². The molecule has 0 aromatic carbocycles. The molecule has 0 radical (unpaired) electrons. The Balaban J connectivity index is 2.19. The summed E-state index contributed by atoms with van der Waals surface area (Å²) in [5.74, 6) is 0. The first-order valence-electron chi connectivity index (χ1n) is 1.58. The summed E-state index contributed by atoms with van der Waals surface area (Å²) in [5.41, 5.74) is 0. The molecule has 32 valence electrons. The second-order valence-electron chi connectivity index (χ2n) is 0.766. The van der Waals surface area contributed by atoms with E-state index in [0.717, 1.165) is 0 Å². The van der Waals surface area contributed by atoms with Gasteiger partial charge < -0.3 is 4.80 Å². The number of alkyl halides is 1. The minimum atomic E-state index is -0.961. The Labute approximate surface area is 32.8 Å². The summed E-state index contributed by atoms with van der Waals surface area (Å²) in [5, 5.41) is 0. The average Bonchev–Trinajstić information content (AvgIpc) is 1.41. The Hall–Kier alpha value is 0.107. The van der Waals surface area contributed by atoms with Gasteiger partial charge in [0.05, 0.1) is 6.67 Å². The van der Waals surface area contributed by atoms with Gasteiger partial charge >= 0.3 is 0 Å². The van der Waals surface area contributed by atoms with Crippen molar-refractivity contribution < 1.29 is 9.19 Å². The van der Waals surface area contributed by atoms with Crippen molar-refractivity contribution in [3.63, 3.8) is 0 Å². The van der Waals surface area contributed by atoms with Crippen molar-refractivity contribution in [3.8, 4) is 0 Å². The molecule has 0 aromatic rings. The Bertz CT molecular complexity index is 17.1. The van der Waals surface area contributed by atoms with E-state index >= 15 is 0 Å². The lowest BCUT2D eigenvalue weighted by molar-refractivity contribution is 0.507. The minimum Gasteiger partial charge on any atom is -0.438 e. The highest BCUT2D eigenvalue weighted by Crippen LogP contribution is 1.72. The molecule has 0 saturated carbocycles. The molecule has 3 heteroatoms. The Kier molecular flexibility index (Phi) is 4.19. The predicted molar refractivity (Wildman–Crippen MR) is 21.5 cm³/mol. The maximum Gasteiger partial charge on any atom is 0.159 e. The fraction of sp³-hybridized carbons (Fsp3) is 1.00. The molecule has 0 amide bonds. The van der Waals surface area contributed by atoms with E-state index in [4.69, 9.17) is 4.80 Å². The van der Waals surface area contributed by atoms with Gasteiger partial charge in [-0.1, -0.05) is 0 Å². The van der Waals surface area contributed by atoms with Crippen molar-refractivity contribution >= 4 is 9.76 Å². The highest BCUT2D eigenvalue weighted by atomic mass is 28.2. The summed E-state index contributed by atoms with van der Waals surface area (Å²) in [7, 11) is -0.961. The van der Waals surface area contributed by atoms with Crippen molar-refractivity contribution in [2.24, 2.45) is 0 Å². The fourth-order valence-electron chi connectivity index (χ4n) is 0.0598. The van der Waals surface area contributed by atoms with Crippen molar-refractivity contribution in [1.29, 1.82) is 0 Å². The third kappa shape index (κ3) is 4.11. The van der Waals surface area contributed by atoms with E-state index < -0.39 is 9.76 Å². The van der Waals surface area contributed by atoms with Crippen LogP contribution in [0, 0.1) is 0 Å². The van der Waals surface area contributed by atoms with Gasteiger partial charge in [-0.2, -0.15) is 0 Å². The molecule has 0 fully saturated rings. The standard InChI is InChI=1S/C2H7FOSi/c3-1-2-5-4/h4H,1-2,5H2. The van der Waals surface area contributed by atoms with E-state index in [2.05, 4.69) is 0 Å². The zero-order valence-electron chi connectivity index (χ0n) is 2.95. The molecule has 5 heavy (non-hydrogen) atoms. The van der Waals surface area contributed by atoms with E-state index in [1.165, 1.54) is 0 Å². The van der Waals surface area contributed by atoms with Crippen molar-refractivity contribution in [2.45, 2.75) is 6.04 Å². The molecule has 0 aliphatic rings. The van der Waals surface area contributed by atoms with Crippen molar-refractivity contribution in [1.82, 2.24) is 0 Å². The van der Waals surface area contributed by atoms with Crippen molar-refractivity contribution in [2.75, 3.05) is 6.67 Å². The zero-order chi connectivity index (χ0) is 4.12. The van der Waals surface area contributed by atoms with E-state index in [1.807, 2.05) is 0 Å². The second-order valence-corrected chi connectivity index (χ2v) is 1.92. The quantitative estimate of drug-likeness (QED) is 0.455. The van der Waals surface area contributed by atoms with Gasteiger partial charge in [0.1, 0.15) is 0 Å². The SMILES string of the molecule is O[SiH2]CCF. The normalized spacial score (nSPS) is 10.8. The first kappa shape index (κ1) is 5.11. The highest BCUT2D eigenvalue weighted by Gasteiger charge is 1.75. The van der Waals surface area contributed by atoms with Crippen LogP contribution in [-0.2, 0) is 0 Å². The van der Waals surface area contributed by atoms with E-state index in [9.17, 15) is 4.39 Å². The van der Waals surface area contributed by atoms with Crippen LogP contribution in [0.25, 0.3) is 0 Å². The lowest BCUT2D eigenvalue weighted by Crippen LogP contribution is -1.84. The molecule has 0 bridgehead atoms. The summed E-state index contributed by atoms with van der Waals surface area (Å²) in [6, 6.07) is 0.417. The number of hydrogen-bond acceptors (Lipinski definition) is 1. The van der Waals surface area contributed by atoms with Gasteiger partial charge in [0.15, 0.2) is 9.76 Å². The number of hydrogen-bond donors (Lipinski definition) is 1. The van der Waals surface area contributed by atoms with Crippen LogP contribution in [0.4, 0.5) is 4.39 Å². The summed E-state index contributed by atoms with van der Waals surface area (Å²) in [6.07, 6.45) is 0.